The Morgan fingerprint density at radius 1 is 1.31 bits per heavy atom. The number of rotatable bonds is 5. The number of halogens is 3. The number of hydrogen-bond acceptors (Lipinski definition) is 3. The fourth-order valence-corrected chi connectivity index (χ4v) is 3.02. The summed E-state index contributed by atoms with van der Waals surface area (Å²) in [5, 5.41) is 2.50. The highest BCUT2D eigenvalue weighted by atomic mass is 35.5. The van der Waals surface area contributed by atoms with Crippen molar-refractivity contribution < 1.29 is 18.4 Å². The molecule has 0 aromatic heterocycles. The van der Waals surface area contributed by atoms with Crippen LogP contribution in [0.15, 0.2) is 18.2 Å². The summed E-state index contributed by atoms with van der Waals surface area (Å²) in [6.45, 7) is 7.10. The van der Waals surface area contributed by atoms with E-state index in [0.717, 1.165) is 18.6 Å². The summed E-state index contributed by atoms with van der Waals surface area (Å²) in [6, 6.07) is 2.35. The Morgan fingerprint density at radius 2 is 1.88 bits per heavy atom. The molecular formula is C18H26ClF2N3O2. The van der Waals surface area contributed by atoms with E-state index < -0.39 is 29.1 Å². The Balaban J connectivity index is 0.00000338. The highest BCUT2D eigenvalue weighted by molar-refractivity contribution is 5.98. The van der Waals surface area contributed by atoms with Crippen molar-refractivity contribution in [2.75, 3.05) is 19.6 Å². The summed E-state index contributed by atoms with van der Waals surface area (Å²) >= 11 is 0. The van der Waals surface area contributed by atoms with Crippen LogP contribution >= 0.6 is 12.4 Å². The van der Waals surface area contributed by atoms with Gasteiger partial charge in [-0.1, -0.05) is 26.8 Å². The van der Waals surface area contributed by atoms with Gasteiger partial charge in [-0.15, -0.1) is 12.4 Å². The zero-order chi connectivity index (χ0) is 18.8. The van der Waals surface area contributed by atoms with Crippen LogP contribution in [-0.2, 0) is 4.79 Å². The summed E-state index contributed by atoms with van der Waals surface area (Å²) in [7, 11) is 0. The second-order valence-electron chi connectivity index (χ2n) is 7.32. The molecule has 1 aromatic rings. The normalized spacial score (nSPS) is 20.7. The molecule has 8 heteroatoms. The molecule has 146 valence electrons. The lowest BCUT2D eigenvalue weighted by atomic mass is 9.90. The zero-order valence-electron chi connectivity index (χ0n) is 15.2. The molecule has 0 bridgehead atoms. The van der Waals surface area contributed by atoms with Crippen LogP contribution in [0, 0.1) is 23.0 Å². The third-order valence-corrected chi connectivity index (χ3v) is 4.77. The first-order valence-electron chi connectivity index (χ1n) is 8.42. The molecule has 2 unspecified atom stereocenters. The van der Waals surface area contributed by atoms with Crippen LogP contribution in [0.4, 0.5) is 8.78 Å². The van der Waals surface area contributed by atoms with Gasteiger partial charge in [-0.3, -0.25) is 9.59 Å². The molecule has 1 aliphatic rings. The average Bonchev–Trinajstić information content (AvgIpc) is 2.95. The quantitative estimate of drug-likeness (QED) is 0.811. The molecule has 0 saturated carbocycles. The predicted octanol–water partition coefficient (Wildman–Crippen LogP) is 2.34. The molecule has 0 aliphatic carbocycles. The molecule has 2 rings (SSSR count). The van der Waals surface area contributed by atoms with E-state index in [4.69, 9.17) is 5.73 Å². The van der Waals surface area contributed by atoms with Crippen molar-refractivity contribution in [2.24, 2.45) is 17.1 Å². The number of hydrogen-bond donors (Lipinski definition) is 2. The van der Waals surface area contributed by atoms with E-state index in [0.29, 0.717) is 19.6 Å². The molecule has 1 aliphatic heterocycles. The number of carbonyl (C=O) groups excluding carboxylic acids is 2. The van der Waals surface area contributed by atoms with Gasteiger partial charge in [0.1, 0.15) is 23.2 Å². The second-order valence-corrected chi connectivity index (χ2v) is 7.32. The first-order valence-corrected chi connectivity index (χ1v) is 8.42. The molecule has 0 radical (unpaired) electrons. The van der Waals surface area contributed by atoms with Gasteiger partial charge in [-0.05, 0) is 36.4 Å². The smallest absolute Gasteiger partial charge is 0.257 e. The maximum absolute atomic E-state index is 13.8. The molecule has 26 heavy (non-hydrogen) atoms. The van der Waals surface area contributed by atoms with Gasteiger partial charge in [0.2, 0.25) is 5.91 Å². The van der Waals surface area contributed by atoms with Gasteiger partial charge in [0.25, 0.3) is 5.91 Å². The molecule has 5 nitrogen and oxygen atoms in total. The minimum atomic E-state index is -0.954. The van der Waals surface area contributed by atoms with Gasteiger partial charge < -0.3 is 16.0 Å². The van der Waals surface area contributed by atoms with E-state index in [-0.39, 0.29) is 29.6 Å². The number of nitrogens with two attached hydrogens (primary N) is 1. The lowest BCUT2D eigenvalue weighted by molar-refractivity contribution is -0.133. The Labute approximate surface area is 158 Å². The van der Waals surface area contributed by atoms with Gasteiger partial charge in [0.15, 0.2) is 0 Å². The first-order chi connectivity index (χ1) is 11.7. The molecule has 0 spiro atoms. The SMILES string of the molecule is CC(C)C(NC(=O)c1c(F)cccc1F)C(=O)N1CCC(C)(CN)C1.Cl. The van der Waals surface area contributed by atoms with E-state index in [9.17, 15) is 18.4 Å². The summed E-state index contributed by atoms with van der Waals surface area (Å²) in [5.41, 5.74) is 4.95. The van der Waals surface area contributed by atoms with Crippen molar-refractivity contribution in [1.82, 2.24) is 10.2 Å². The summed E-state index contributed by atoms with van der Waals surface area (Å²) in [4.78, 5) is 26.8. The zero-order valence-corrected chi connectivity index (χ0v) is 16.0. The van der Waals surface area contributed by atoms with E-state index in [2.05, 4.69) is 5.32 Å². The predicted molar refractivity (Wildman–Crippen MR) is 98.1 cm³/mol. The van der Waals surface area contributed by atoms with Crippen LogP contribution in [0.3, 0.4) is 0 Å². The number of likely N-dealkylation sites (tertiary alicyclic amines) is 1. The number of benzene rings is 1. The summed E-state index contributed by atoms with van der Waals surface area (Å²) in [5.74, 6) is -3.31. The lowest BCUT2D eigenvalue weighted by Gasteiger charge is -2.28. The monoisotopic (exact) mass is 389 g/mol. The Bertz CT molecular complexity index is 652. The number of amides is 2. The van der Waals surface area contributed by atoms with E-state index >= 15 is 0 Å². The van der Waals surface area contributed by atoms with Crippen molar-refractivity contribution in [3.63, 3.8) is 0 Å². The molecule has 2 atom stereocenters. The first kappa shape index (κ1) is 22.3. The third-order valence-electron chi connectivity index (χ3n) is 4.77. The van der Waals surface area contributed by atoms with Crippen molar-refractivity contribution >= 4 is 24.2 Å². The minimum Gasteiger partial charge on any atom is -0.340 e. The van der Waals surface area contributed by atoms with Crippen molar-refractivity contribution in [2.45, 2.75) is 33.2 Å². The van der Waals surface area contributed by atoms with Crippen LogP contribution in [0.1, 0.15) is 37.6 Å². The maximum Gasteiger partial charge on any atom is 0.257 e. The van der Waals surface area contributed by atoms with Crippen LogP contribution < -0.4 is 11.1 Å². The Hall–Kier alpha value is -1.73. The average molecular weight is 390 g/mol. The van der Waals surface area contributed by atoms with Gasteiger partial charge in [0.05, 0.1) is 0 Å². The second kappa shape index (κ2) is 8.77. The number of nitrogens with one attached hydrogen (secondary N) is 1. The summed E-state index contributed by atoms with van der Waals surface area (Å²) < 4.78 is 27.6. The highest BCUT2D eigenvalue weighted by Crippen LogP contribution is 2.29. The van der Waals surface area contributed by atoms with Crippen LogP contribution in [-0.4, -0.2) is 42.4 Å². The molecule has 3 N–H and O–H groups in total. The van der Waals surface area contributed by atoms with Crippen molar-refractivity contribution in [3.05, 3.63) is 35.4 Å². The standard InChI is InChI=1S/C18H25F2N3O2.ClH/c1-11(2)15(17(25)23-8-7-18(3,9-21)10-23)22-16(24)14-12(19)5-4-6-13(14)20;/h4-6,11,15H,7-10,21H2,1-3H3,(H,22,24);1H. The van der Waals surface area contributed by atoms with E-state index in [1.54, 1.807) is 18.7 Å². The maximum atomic E-state index is 13.8. The molecule has 1 saturated heterocycles. The Morgan fingerprint density at radius 3 is 2.35 bits per heavy atom. The largest absolute Gasteiger partial charge is 0.340 e. The number of nitrogens with zero attached hydrogens (tertiary/aromatic N) is 1. The minimum absolute atomic E-state index is 0. The van der Waals surface area contributed by atoms with E-state index in [1.165, 1.54) is 6.07 Å². The topological polar surface area (TPSA) is 75.4 Å². The third kappa shape index (κ3) is 4.71. The van der Waals surface area contributed by atoms with Gasteiger partial charge in [-0.25, -0.2) is 8.78 Å². The number of carbonyl (C=O) groups is 2. The molecule has 1 heterocycles. The van der Waals surface area contributed by atoms with Crippen molar-refractivity contribution in [1.29, 1.82) is 0 Å². The lowest BCUT2D eigenvalue weighted by Crippen LogP contribution is -2.51. The van der Waals surface area contributed by atoms with Crippen LogP contribution in [0.25, 0.3) is 0 Å². The molecule has 1 aromatic carbocycles. The van der Waals surface area contributed by atoms with E-state index in [1.807, 2.05) is 6.92 Å². The van der Waals surface area contributed by atoms with Gasteiger partial charge in [-0.2, -0.15) is 0 Å². The van der Waals surface area contributed by atoms with Crippen molar-refractivity contribution in [3.8, 4) is 0 Å². The van der Waals surface area contributed by atoms with Crippen LogP contribution in [0.2, 0.25) is 0 Å². The fourth-order valence-electron chi connectivity index (χ4n) is 3.02. The van der Waals surface area contributed by atoms with Gasteiger partial charge >= 0.3 is 0 Å². The molecule has 2 amide bonds. The highest BCUT2D eigenvalue weighted by Gasteiger charge is 2.38. The van der Waals surface area contributed by atoms with Crippen LogP contribution in [0.5, 0.6) is 0 Å². The molecule has 1 fully saturated rings. The molecular weight excluding hydrogens is 364 g/mol. The fraction of sp³-hybridized carbons (Fsp3) is 0.556. The van der Waals surface area contributed by atoms with Gasteiger partial charge in [0, 0.05) is 13.1 Å². The summed E-state index contributed by atoms with van der Waals surface area (Å²) in [6.07, 6.45) is 0.788. The Kier molecular flexibility index (Phi) is 7.53.